The Morgan fingerprint density at radius 3 is 2.26 bits per heavy atom. The van der Waals surface area contributed by atoms with Crippen LogP contribution in [0.15, 0.2) is 24.3 Å². The van der Waals surface area contributed by atoms with Crippen LogP contribution in [0.25, 0.3) is 0 Å². The average Bonchev–Trinajstić information content (AvgIpc) is 2.40. The van der Waals surface area contributed by atoms with Crippen molar-refractivity contribution < 1.29 is 9.59 Å². The van der Waals surface area contributed by atoms with Crippen molar-refractivity contribution in [1.82, 2.24) is 10.6 Å². The van der Waals surface area contributed by atoms with Crippen LogP contribution in [-0.4, -0.2) is 24.9 Å². The fourth-order valence-electron chi connectivity index (χ4n) is 1.64. The molecule has 0 spiro atoms. The predicted molar refractivity (Wildman–Crippen MR) is 74.3 cm³/mol. The van der Waals surface area contributed by atoms with Crippen LogP contribution in [0, 0.1) is 0 Å². The summed E-state index contributed by atoms with van der Waals surface area (Å²) in [5.74, 6) is -0.125. The van der Waals surface area contributed by atoms with Gasteiger partial charge >= 0.3 is 0 Å². The minimum atomic E-state index is -0.0789. The number of nitrogens with two attached hydrogens (primary N) is 1. The average molecular weight is 263 g/mol. The molecule has 0 aliphatic rings. The monoisotopic (exact) mass is 263 g/mol. The van der Waals surface area contributed by atoms with Gasteiger partial charge in [0.05, 0.1) is 6.42 Å². The maximum absolute atomic E-state index is 11.6. The quantitative estimate of drug-likeness (QED) is 0.663. The van der Waals surface area contributed by atoms with E-state index in [4.69, 9.17) is 5.73 Å². The van der Waals surface area contributed by atoms with E-state index < -0.39 is 0 Å². The first kappa shape index (κ1) is 15.2. The summed E-state index contributed by atoms with van der Waals surface area (Å²) >= 11 is 0. The van der Waals surface area contributed by atoms with Crippen LogP contribution < -0.4 is 16.4 Å². The van der Waals surface area contributed by atoms with E-state index in [0.29, 0.717) is 32.5 Å². The Morgan fingerprint density at radius 2 is 1.68 bits per heavy atom. The van der Waals surface area contributed by atoms with Crippen molar-refractivity contribution in [3.63, 3.8) is 0 Å². The van der Waals surface area contributed by atoms with Gasteiger partial charge in [0.15, 0.2) is 0 Å². The normalized spacial score (nSPS) is 10.0. The molecule has 0 heterocycles. The highest BCUT2D eigenvalue weighted by Crippen LogP contribution is 2.04. The topological polar surface area (TPSA) is 84.2 Å². The van der Waals surface area contributed by atoms with E-state index >= 15 is 0 Å². The van der Waals surface area contributed by atoms with Crippen molar-refractivity contribution >= 4 is 11.8 Å². The summed E-state index contributed by atoms with van der Waals surface area (Å²) < 4.78 is 0. The van der Waals surface area contributed by atoms with E-state index in [0.717, 1.165) is 11.1 Å². The second kappa shape index (κ2) is 8.26. The van der Waals surface area contributed by atoms with E-state index in [2.05, 4.69) is 10.6 Å². The molecule has 5 nitrogen and oxygen atoms in total. The van der Waals surface area contributed by atoms with E-state index in [1.54, 1.807) is 0 Å². The standard InChI is InChI=1S/C14H21N3O2/c1-2-16-13(18)7-8-17-14(19)9-11-3-5-12(10-15)6-4-11/h3-6H,2,7-10,15H2,1H3,(H,16,18)(H,17,19). The molecule has 0 fully saturated rings. The van der Waals surface area contributed by atoms with E-state index in [1.165, 1.54) is 0 Å². The molecule has 0 saturated carbocycles. The number of nitrogens with one attached hydrogen (secondary N) is 2. The molecule has 4 N–H and O–H groups in total. The van der Waals surface area contributed by atoms with E-state index in [9.17, 15) is 9.59 Å². The molecular weight excluding hydrogens is 242 g/mol. The van der Waals surface area contributed by atoms with Crippen molar-refractivity contribution in [2.45, 2.75) is 26.3 Å². The molecule has 19 heavy (non-hydrogen) atoms. The van der Waals surface area contributed by atoms with E-state index in [-0.39, 0.29) is 11.8 Å². The molecule has 2 amide bonds. The summed E-state index contributed by atoms with van der Waals surface area (Å²) in [7, 11) is 0. The molecule has 0 aromatic heterocycles. The van der Waals surface area contributed by atoms with Crippen LogP contribution in [0.3, 0.4) is 0 Å². The van der Waals surface area contributed by atoms with Crippen molar-refractivity contribution in [2.24, 2.45) is 5.73 Å². The summed E-state index contributed by atoms with van der Waals surface area (Å²) in [5.41, 5.74) is 7.48. The summed E-state index contributed by atoms with van der Waals surface area (Å²) in [4.78, 5) is 22.8. The van der Waals surface area contributed by atoms with Crippen LogP contribution in [0.2, 0.25) is 0 Å². The molecule has 0 atom stereocenters. The molecule has 1 aromatic carbocycles. The van der Waals surface area contributed by atoms with Crippen molar-refractivity contribution in [3.8, 4) is 0 Å². The zero-order valence-electron chi connectivity index (χ0n) is 11.2. The second-order valence-corrected chi connectivity index (χ2v) is 4.25. The van der Waals surface area contributed by atoms with Crippen LogP contribution in [0.5, 0.6) is 0 Å². The number of hydrogen-bond acceptors (Lipinski definition) is 3. The lowest BCUT2D eigenvalue weighted by Crippen LogP contribution is -2.31. The number of hydrogen-bond donors (Lipinski definition) is 3. The molecular formula is C14H21N3O2. The molecule has 0 radical (unpaired) electrons. The fourth-order valence-corrected chi connectivity index (χ4v) is 1.64. The number of amides is 2. The van der Waals surface area contributed by atoms with Crippen LogP contribution in [0.1, 0.15) is 24.5 Å². The lowest BCUT2D eigenvalue weighted by atomic mass is 10.1. The first-order chi connectivity index (χ1) is 9.15. The van der Waals surface area contributed by atoms with Gasteiger partial charge in [-0.3, -0.25) is 9.59 Å². The van der Waals surface area contributed by atoms with Crippen LogP contribution >= 0.6 is 0 Å². The summed E-state index contributed by atoms with van der Waals surface area (Å²) in [6, 6.07) is 7.62. The Hall–Kier alpha value is -1.88. The van der Waals surface area contributed by atoms with Crippen molar-refractivity contribution in [1.29, 1.82) is 0 Å². The third kappa shape index (κ3) is 6.01. The van der Waals surface area contributed by atoms with Gasteiger partial charge in [0, 0.05) is 26.1 Å². The summed E-state index contributed by atoms with van der Waals surface area (Å²) in [5, 5.41) is 5.40. The number of benzene rings is 1. The molecule has 0 aliphatic carbocycles. The smallest absolute Gasteiger partial charge is 0.224 e. The number of carbonyl (C=O) groups excluding carboxylic acids is 2. The Balaban J connectivity index is 2.28. The number of rotatable bonds is 7. The third-order valence-electron chi connectivity index (χ3n) is 2.67. The van der Waals surface area contributed by atoms with Gasteiger partial charge < -0.3 is 16.4 Å². The van der Waals surface area contributed by atoms with Gasteiger partial charge in [0.2, 0.25) is 11.8 Å². The second-order valence-electron chi connectivity index (χ2n) is 4.25. The first-order valence-electron chi connectivity index (χ1n) is 6.47. The molecule has 0 unspecified atom stereocenters. The molecule has 104 valence electrons. The zero-order valence-corrected chi connectivity index (χ0v) is 11.2. The Bertz CT molecular complexity index is 415. The fraction of sp³-hybridized carbons (Fsp3) is 0.429. The van der Waals surface area contributed by atoms with Crippen molar-refractivity contribution in [3.05, 3.63) is 35.4 Å². The highest BCUT2D eigenvalue weighted by atomic mass is 16.2. The molecule has 0 aliphatic heterocycles. The Labute approximate surface area is 113 Å². The van der Waals surface area contributed by atoms with Gasteiger partial charge in [-0.1, -0.05) is 24.3 Å². The highest BCUT2D eigenvalue weighted by Gasteiger charge is 2.04. The Kier molecular flexibility index (Phi) is 6.60. The lowest BCUT2D eigenvalue weighted by molar-refractivity contribution is -0.121. The van der Waals surface area contributed by atoms with Crippen LogP contribution in [-0.2, 0) is 22.6 Å². The van der Waals surface area contributed by atoms with Crippen molar-refractivity contribution in [2.75, 3.05) is 13.1 Å². The zero-order chi connectivity index (χ0) is 14.1. The third-order valence-corrected chi connectivity index (χ3v) is 2.67. The van der Waals surface area contributed by atoms with Gasteiger partial charge in [-0.05, 0) is 18.1 Å². The lowest BCUT2D eigenvalue weighted by Gasteiger charge is -2.06. The predicted octanol–water partition coefficient (Wildman–Crippen LogP) is 0.330. The minimum absolute atomic E-state index is 0.0462. The largest absolute Gasteiger partial charge is 0.356 e. The molecule has 0 bridgehead atoms. The van der Waals surface area contributed by atoms with E-state index in [1.807, 2.05) is 31.2 Å². The molecule has 5 heteroatoms. The van der Waals surface area contributed by atoms with Gasteiger partial charge in [0.1, 0.15) is 0 Å². The summed E-state index contributed by atoms with van der Waals surface area (Å²) in [6.07, 6.45) is 0.631. The van der Waals surface area contributed by atoms with Gasteiger partial charge in [-0.25, -0.2) is 0 Å². The maximum Gasteiger partial charge on any atom is 0.224 e. The molecule has 1 aromatic rings. The maximum atomic E-state index is 11.6. The van der Waals surface area contributed by atoms with Crippen LogP contribution in [0.4, 0.5) is 0 Å². The minimum Gasteiger partial charge on any atom is -0.356 e. The van der Waals surface area contributed by atoms with Gasteiger partial charge in [-0.2, -0.15) is 0 Å². The van der Waals surface area contributed by atoms with Gasteiger partial charge in [-0.15, -0.1) is 0 Å². The first-order valence-corrected chi connectivity index (χ1v) is 6.47. The number of carbonyl (C=O) groups is 2. The Morgan fingerprint density at radius 1 is 1.05 bits per heavy atom. The molecule has 0 saturated heterocycles. The summed E-state index contributed by atoms with van der Waals surface area (Å²) in [6.45, 7) is 3.34. The highest BCUT2D eigenvalue weighted by molar-refractivity contribution is 5.80. The SMILES string of the molecule is CCNC(=O)CCNC(=O)Cc1ccc(CN)cc1. The van der Waals surface area contributed by atoms with Gasteiger partial charge in [0.25, 0.3) is 0 Å². The molecule has 1 rings (SSSR count).